The molecule has 0 aliphatic carbocycles. The van der Waals surface area contributed by atoms with Gasteiger partial charge in [-0.15, -0.1) is 0 Å². The molecule has 4 rings (SSSR count). The highest BCUT2D eigenvalue weighted by atomic mass is 19.1. The zero-order chi connectivity index (χ0) is 21.3. The van der Waals surface area contributed by atoms with Gasteiger partial charge in [0.25, 0.3) is 0 Å². The summed E-state index contributed by atoms with van der Waals surface area (Å²) in [6.45, 7) is 0. The van der Waals surface area contributed by atoms with Crippen molar-refractivity contribution in [3.63, 3.8) is 0 Å². The molecule has 1 aromatic carbocycles. The van der Waals surface area contributed by atoms with Crippen LogP contribution < -0.4 is 9.64 Å². The molecule has 3 aromatic heterocycles. The van der Waals surface area contributed by atoms with Crippen LogP contribution in [0.1, 0.15) is 10.4 Å². The van der Waals surface area contributed by atoms with E-state index in [9.17, 15) is 14.3 Å². The van der Waals surface area contributed by atoms with Gasteiger partial charge in [-0.3, -0.25) is 4.98 Å². The third kappa shape index (κ3) is 3.48. The van der Waals surface area contributed by atoms with Crippen molar-refractivity contribution in [3.05, 3.63) is 66.2 Å². The Balaban J connectivity index is 1.99. The lowest BCUT2D eigenvalue weighted by Gasteiger charge is -2.21. The Morgan fingerprint density at radius 3 is 2.53 bits per heavy atom. The van der Waals surface area contributed by atoms with E-state index >= 15 is 0 Å². The minimum Gasteiger partial charge on any atom is -0.480 e. The maximum absolute atomic E-state index is 13.5. The highest BCUT2D eigenvalue weighted by Gasteiger charge is 2.20. The van der Waals surface area contributed by atoms with Crippen LogP contribution in [0.5, 0.6) is 5.88 Å². The van der Waals surface area contributed by atoms with Gasteiger partial charge >= 0.3 is 5.97 Å². The minimum absolute atomic E-state index is 0.0669. The van der Waals surface area contributed by atoms with Gasteiger partial charge in [0.1, 0.15) is 22.6 Å². The minimum atomic E-state index is -1.19. The van der Waals surface area contributed by atoms with E-state index < -0.39 is 5.97 Å². The van der Waals surface area contributed by atoms with Crippen LogP contribution >= 0.6 is 0 Å². The summed E-state index contributed by atoms with van der Waals surface area (Å²) in [5.41, 5.74) is 2.19. The lowest BCUT2D eigenvalue weighted by Crippen LogP contribution is -2.14. The summed E-state index contributed by atoms with van der Waals surface area (Å²) in [5.74, 6) is -1.19. The number of anilines is 2. The number of aromatic nitrogens is 4. The van der Waals surface area contributed by atoms with Gasteiger partial charge in [-0.05, 0) is 42.5 Å². The van der Waals surface area contributed by atoms with Gasteiger partial charge in [0.2, 0.25) is 5.88 Å². The monoisotopic (exact) mass is 405 g/mol. The van der Waals surface area contributed by atoms with Crippen molar-refractivity contribution in [2.24, 2.45) is 0 Å². The zero-order valence-corrected chi connectivity index (χ0v) is 16.1. The Labute approximate surface area is 170 Å². The first kappa shape index (κ1) is 19.2. The van der Waals surface area contributed by atoms with Crippen LogP contribution in [-0.4, -0.2) is 45.2 Å². The molecule has 0 aliphatic heterocycles. The second-order valence-electron chi connectivity index (χ2n) is 6.37. The van der Waals surface area contributed by atoms with Crippen LogP contribution in [0.4, 0.5) is 15.9 Å². The van der Waals surface area contributed by atoms with Crippen LogP contribution in [0.25, 0.3) is 22.4 Å². The molecule has 0 aliphatic rings. The number of ether oxygens (including phenoxy) is 1. The maximum Gasteiger partial charge on any atom is 0.341 e. The lowest BCUT2D eigenvalue weighted by atomic mass is 10.1. The molecule has 3 heterocycles. The number of fused-ring (bicyclic) bond motifs is 1. The summed E-state index contributed by atoms with van der Waals surface area (Å²) in [5, 5.41) is 9.45. The lowest BCUT2D eigenvalue weighted by molar-refractivity contribution is 0.0692. The van der Waals surface area contributed by atoms with Crippen LogP contribution in [0.2, 0.25) is 0 Å². The highest BCUT2D eigenvalue weighted by molar-refractivity contribution is 5.94. The molecule has 1 N–H and O–H groups in total. The smallest absolute Gasteiger partial charge is 0.341 e. The van der Waals surface area contributed by atoms with Gasteiger partial charge in [-0.2, -0.15) is 4.98 Å². The van der Waals surface area contributed by atoms with E-state index in [1.165, 1.54) is 25.3 Å². The molecule has 0 saturated heterocycles. The molecule has 0 amide bonds. The third-order valence-corrected chi connectivity index (χ3v) is 4.50. The summed E-state index contributed by atoms with van der Waals surface area (Å²) in [6, 6.07) is 10.8. The van der Waals surface area contributed by atoms with Crippen LogP contribution in [0.15, 0.2) is 54.9 Å². The Kier molecular flexibility index (Phi) is 4.93. The largest absolute Gasteiger partial charge is 0.480 e. The van der Waals surface area contributed by atoms with Gasteiger partial charge in [0.05, 0.1) is 19.0 Å². The fourth-order valence-corrected chi connectivity index (χ4v) is 2.98. The van der Waals surface area contributed by atoms with Crippen LogP contribution in [0.3, 0.4) is 0 Å². The van der Waals surface area contributed by atoms with Gasteiger partial charge in [0.15, 0.2) is 11.5 Å². The number of rotatable bonds is 5. The molecule has 0 fully saturated rings. The predicted molar refractivity (Wildman–Crippen MR) is 109 cm³/mol. The normalized spacial score (nSPS) is 10.8. The van der Waals surface area contributed by atoms with E-state index in [1.54, 1.807) is 42.5 Å². The number of carboxylic acid groups (broad SMARTS) is 1. The van der Waals surface area contributed by atoms with Crippen molar-refractivity contribution < 1.29 is 19.0 Å². The quantitative estimate of drug-likeness (QED) is 0.536. The molecule has 9 heteroatoms. The molecular formula is C21H16FN5O3. The molecule has 30 heavy (non-hydrogen) atoms. The number of hydrogen-bond acceptors (Lipinski definition) is 7. The van der Waals surface area contributed by atoms with E-state index in [2.05, 4.69) is 19.9 Å². The number of carbonyl (C=O) groups is 1. The predicted octanol–water partition coefficient (Wildman–Crippen LogP) is 3.70. The number of benzene rings is 1. The average Bonchev–Trinajstić information content (AvgIpc) is 2.77. The average molecular weight is 405 g/mol. The summed E-state index contributed by atoms with van der Waals surface area (Å²) in [6.07, 6.45) is 3.31. The molecule has 0 saturated carbocycles. The van der Waals surface area contributed by atoms with Crippen molar-refractivity contribution in [1.82, 2.24) is 19.9 Å². The van der Waals surface area contributed by atoms with Crippen molar-refractivity contribution in [1.29, 1.82) is 0 Å². The number of carboxylic acids is 1. The van der Waals surface area contributed by atoms with E-state index in [0.29, 0.717) is 17.1 Å². The molecule has 4 aromatic rings. The number of hydrogen-bond donors (Lipinski definition) is 1. The molecule has 0 atom stereocenters. The Bertz CT molecular complexity index is 1230. The number of methoxy groups -OCH3 is 1. The summed E-state index contributed by atoms with van der Waals surface area (Å²) < 4.78 is 18.6. The van der Waals surface area contributed by atoms with Crippen LogP contribution in [0, 0.1) is 5.82 Å². The van der Waals surface area contributed by atoms with Gasteiger partial charge < -0.3 is 14.7 Å². The Morgan fingerprint density at radius 2 is 1.90 bits per heavy atom. The van der Waals surface area contributed by atoms with E-state index in [4.69, 9.17) is 4.74 Å². The van der Waals surface area contributed by atoms with E-state index in [0.717, 1.165) is 5.69 Å². The van der Waals surface area contributed by atoms with Gasteiger partial charge in [0, 0.05) is 18.8 Å². The van der Waals surface area contributed by atoms with Crippen LogP contribution in [-0.2, 0) is 0 Å². The summed E-state index contributed by atoms with van der Waals surface area (Å²) >= 11 is 0. The van der Waals surface area contributed by atoms with Crippen molar-refractivity contribution >= 4 is 28.6 Å². The molecular weight excluding hydrogens is 389 g/mol. The first-order valence-electron chi connectivity index (χ1n) is 8.87. The standard InChI is InChI=1S/C21H16FN5O3/c1-27(14-4-3-9-23-11-14)19-17(12-5-7-13(22)8-6-12)25-18-16(24-19)10-15(21(28)29)20(26-18)30-2/h3-11H,1-2H3,(H,28,29). The molecule has 0 spiro atoms. The molecule has 0 unspecified atom stereocenters. The zero-order valence-electron chi connectivity index (χ0n) is 16.1. The van der Waals surface area contributed by atoms with Gasteiger partial charge in [-0.25, -0.2) is 19.2 Å². The first-order chi connectivity index (χ1) is 14.5. The topological polar surface area (TPSA) is 101 Å². The van der Waals surface area contributed by atoms with Crippen molar-refractivity contribution in [2.75, 3.05) is 19.1 Å². The second-order valence-corrected chi connectivity index (χ2v) is 6.37. The Morgan fingerprint density at radius 1 is 1.13 bits per heavy atom. The Hall–Kier alpha value is -4.14. The molecule has 0 radical (unpaired) electrons. The third-order valence-electron chi connectivity index (χ3n) is 4.50. The SMILES string of the molecule is COc1nc2nc(-c3ccc(F)cc3)c(N(C)c3cccnc3)nc2cc1C(=O)O. The molecule has 0 bridgehead atoms. The summed E-state index contributed by atoms with van der Waals surface area (Å²) in [4.78, 5) is 30.9. The van der Waals surface area contributed by atoms with Crippen molar-refractivity contribution in [3.8, 4) is 17.1 Å². The first-order valence-corrected chi connectivity index (χ1v) is 8.87. The van der Waals surface area contributed by atoms with Gasteiger partial charge in [-0.1, -0.05) is 0 Å². The summed E-state index contributed by atoms with van der Waals surface area (Å²) in [7, 11) is 3.12. The number of halogens is 1. The van der Waals surface area contributed by atoms with E-state index in [-0.39, 0.29) is 28.4 Å². The van der Waals surface area contributed by atoms with Crippen molar-refractivity contribution in [2.45, 2.75) is 0 Å². The van der Waals surface area contributed by atoms with E-state index in [1.807, 2.05) is 6.07 Å². The molecule has 8 nitrogen and oxygen atoms in total. The second kappa shape index (κ2) is 7.70. The maximum atomic E-state index is 13.5. The number of nitrogens with zero attached hydrogens (tertiary/aromatic N) is 5. The fourth-order valence-electron chi connectivity index (χ4n) is 2.98. The number of aromatic carboxylic acids is 1. The fraction of sp³-hybridized carbons (Fsp3) is 0.0952. The number of pyridine rings is 2. The highest BCUT2D eigenvalue weighted by Crippen LogP contribution is 2.33. The molecule has 150 valence electrons.